The van der Waals surface area contributed by atoms with E-state index in [0.29, 0.717) is 28.1 Å². The monoisotopic (exact) mass is 1080 g/mol. The molecule has 4 nitrogen and oxygen atoms in total. The van der Waals surface area contributed by atoms with E-state index < -0.39 is 6.85 Å². The van der Waals surface area contributed by atoms with Crippen molar-refractivity contribution < 1.29 is 30.3 Å². The second-order valence-electron chi connectivity index (χ2n) is 21.2. The van der Waals surface area contributed by atoms with E-state index in [9.17, 15) is 9.22 Å². The van der Waals surface area contributed by atoms with Crippen molar-refractivity contribution in [1.82, 2.24) is 14.5 Å². The molecule has 2 heterocycles. The fourth-order valence-electron chi connectivity index (χ4n) is 9.63. The summed E-state index contributed by atoms with van der Waals surface area (Å²) in [5.74, 6) is 0.485. The van der Waals surface area contributed by atoms with Crippen molar-refractivity contribution in [1.29, 1.82) is 0 Å². The van der Waals surface area contributed by atoms with Gasteiger partial charge in [0.1, 0.15) is 11.6 Å². The number of phenols is 1. The molecule has 0 saturated heterocycles. The van der Waals surface area contributed by atoms with Gasteiger partial charge in [-0.15, -0.1) is 29.3 Å². The maximum Gasteiger partial charge on any atom is 0.148 e. The number of aromatic nitrogens is 3. The maximum atomic E-state index is 11.5. The fourth-order valence-corrected chi connectivity index (χ4v) is 9.63. The van der Waals surface area contributed by atoms with Gasteiger partial charge in [-0.2, -0.15) is 0 Å². The second kappa shape index (κ2) is 19.4. The van der Waals surface area contributed by atoms with E-state index in [0.717, 1.165) is 75.9 Å². The molecular weight excluding hydrogens is 1010 g/mol. The van der Waals surface area contributed by atoms with E-state index in [4.69, 9.17) is 9.97 Å². The Labute approximate surface area is 425 Å². The molecule has 0 bridgehead atoms. The van der Waals surface area contributed by atoms with Crippen molar-refractivity contribution in [2.24, 2.45) is 0 Å². The Kier molecular flexibility index (Phi) is 13.2. The van der Waals surface area contributed by atoms with Gasteiger partial charge >= 0.3 is 0 Å². The minimum atomic E-state index is -2.51. The average molecular weight is 1080 g/mol. The third-order valence-corrected chi connectivity index (χ3v) is 15.0. The minimum absolute atomic E-state index is 0. The third kappa shape index (κ3) is 9.43. The Morgan fingerprint density at radius 3 is 1.78 bits per heavy atom. The van der Waals surface area contributed by atoms with Gasteiger partial charge in [0.25, 0.3) is 0 Å². The van der Waals surface area contributed by atoms with Crippen LogP contribution in [-0.2, 0) is 42.7 Å². The zero-order valence-corrected chi connectivity index (χ0v) is 44.4. The predicted octanol–water partition coefficient (Wildman–Crippen LogP) is 17.3. The van der Waals surface area contributed by atoms with E-state index in [2.05, 4.69) is 168 Å². The van der Waals surface area contributed by atoms with Gasteiger partial charge in [0.15, 0.2) is 0 Å². The van der Waals surface area contributed by atoms with Crippen LogP contribution >= 0.6 is 0 Å². The molecule has 0 aliphatic rings. The summed E-state index contributed by atoms with van der Waals surface area (Å²) < 4.78 is 29.5. The first-order valence-corrected chi connectivity index (χ1v) is 24.3. The number of hydrogen-bond acceptors (Lipinski definition) is 3. The Bertz CT molecular complexity index is 3160. The van der Waals surface area contributed by atoms with Crippen LogP contribution in [0.25, 0.3) is 72.7 Å². The second-order valence-corrected chi connectivity index (χ2v) is 21.2. The molecule has 0 spiro atoms. The zero-order valence-electron chi connectivity index (χ0n) is 45.1. The molecule has 8 aromatic rings. The van der Waals surface area contributed by atoms with Crippen LogP contribution in [0, 0.1) is 12.9 Å². The molecule has 0 fully saturated rings. The van der Waals surface area contributed by atoms with Crippen LogP contribution < -0.4 is 0 Å². The molecule has 5 heteroatoms. The molecule has 6 aromatic carbocycles. The zero-order chi connectivity index (χ0) is 50.6. The summed E-state index contributed by atoms with van der Waals surface area (Å²) in [6, 6.07) is 46.9. The number of benzene rings is 6. The first kappa shape index (κ1) is 46.2. The molecule has 0 atom stereocenters. The SMILES string of the molecule is [2H]C([2H])([2H])c1cc(-c2c(C(C)(CC)CC)cccc2C(C)(CC)CC)ccc1-n1c(-c2ccccc2O)nc2c(-c3[c-]c(-c4cc(-c5ccc(C(C)(C)C)cc5)ccn4)cc(C(C)(C)C)c3)cccc21.[Pt]. The summed E-state index contributed by atoms with van der Waals surface area (Å²) in [5, 5.41) is 11.5. The van der Waals surface area contributed by atoms with Gasteiger partial charge in [0.2, 0.25) is 0 Å². The van der Waals surface area contributed by atoms with E-state index >= 15 is 0 Å². The van der Waals surface area contributed by atoms with Gasteiger partial charge in [0.05, 0.1) is 22.3 Å². The smallest absolute Gasteiger partial charge is 0.148 e. The van der Waals surface area contributed by atoms with Crippen LogP contribution in [0.5, 0.6) is 5.75 Å². The Hall–Kier alpha value is -5.57. The Morgan fingerprint density at radius 1 is 0.588 bits per heavy atom. The van der Waals surface area contributed by atoms with Crippen LogP contribution in [0.4, 0.5) is 0 Å². The number of rotatable bonds is 12. The first-order valence-electron chi connectivity index (χ1n) is 25.8. The van der Waals surface area contributed by atoms with E-state index in [1.807, 2.05) is 47.2 Å². The molecule has 0 saturated carbocycles. The largest absolute Gasteiger partial charge is 0.507 e. The van der Waals surface area contributed by atoms with Crippen LogP contribution in [0.3, 0.4) is 0 Å². The number of aryl methyl sites for hydroxylation is 1. The van der Waals surface area contributed by atoms with Crippen molar-refractivity contribution in [3.8, 4) is 67.5 Å². The molecule has 8 rings (SSSR count). The Balaban J connectivity index is 0.00000741. The summed E-state index contributed by atoms with van der Waals surface area (Å²) in [4.78, 5) is 10.3. The summed E-state index contributed by atoms with van der Waals surface area (Å²) in [6.45, 7) is 24.4. The van der Waals surface area contributed by atoms with Crippen LogP contribution in [0.15, 0.2) is 134 Å². The summed E-state index contributed by atoms with van der Waals surface area (Å²) in [5.41, 5.74) is 14.5. The summed E-state index contributed by atoms with van der Waals surface area (Å²) >= 11 is 0. The van der Waals surface area contributed by atoms with Gasteiger partial charge < -0.3 is 5.11 Å². The van der Waals surface area contributed by atoms with Crippen molar-refractivity contribution in [2.45, 2.75) is 137 Å². The molecule has 0 amide bonds. The molecule has 0 aliphatic heterocycles. The van der Waals surface area contributed by atoms with Crippen molar-refractivity contribution in [3.63, 3.8) is 0 Å². The standard InChI is InChI=1S/C63H70N3O.Pt/c1-14-62(12,15-2)51-24-21-25-52(63(13,16-3)17-4)57(51)44-30-33-54(41(5)36-44)66-55-26-20-23-49(58(55)65-59(66)50-22-18-19-27-56(50)67)45-37-46(39-48(38-45)61(9,10)11)53-40-43(34-35-64-53)42-28-31-47(32-29-42)60(6,7)8;/h18-36,38-40,67H,14-17H2,1-13H3;/q-1;/i5D3;. The number of imidazole rings is 1. The first-order chi connectivity index (χ1) is 33.0. The van der Waals surface area contributed by atoms with Gasteiger partial charge in [-0.3, -0.25) is 9.55 Å². The fraction of sp³-hybridized carbons (Fsp3) is 0.333. The van der Waals surface area contributed by atoms with E-state index in [1.165, 1.54) is 16.7 Å². The summed E-state index contributed by atoms with van der Waals surface area (Å²) in [6.07, 6.45) is 5.64. The van der Waals surface area contributed by atoms with Gasteiger partial charge in [0, 0.05) is 37.1 Å². The molecule has 68 heavy (non-hydrogen) atoms. The quantitative estimate of drug-likeness (QED) is 0.124. The number of phenolic OH excluding ortho intramolecular Hbond substituents is 1. The van der Waals surface area contributed by atoms with Crippen LogP contribution in [-0.4, -0.2) is 19.6 Å². The van der Waals surface area contributed by atoms with Gasteiger partial charge in [-0.1, -0.05) is 173 Å². The number of nitrogens with zero attached hydrogens (tertiary/aromatic N) is 3. The van der Waals surface area contributed by atoms with Crippen LogP contribution in [0.2, 0.25) is 0 Å². The molecule has 0 unspecified atom stereocenters. The van der Waals surface area contributed by atoms with Crippen LogP contribution in [0.1, 0.15) is 141 Å². The van der Waals surface area contributed by atoms with Crippen molar-refractivity contribution in [3.05, 3.63) is 167 Å². The van der Waals surface area contributed by atoms with Gasteiger partial charge in [-0.05, 0) is 135 Å². The predicted molar refractivity (Wildman–Crippen MR) is 285 cm³/mol. The molecule has 0 radical (unpaired) electrons. The number of para-hydroxylation sites is 2. The van der Waals surface area contributed by atoms with E-state index in [1.54, 1.807) is 12.1 Å². The number of pyridine rings is 1. The summed E-state index contributed by atoms with van der Waals surface area (Å²) in [7, 11) is 0. The molecule has 0 aliphatic carbocycles. The third-order valence-electron chi connectivity index (χ3n) is 15.0. The maximum absolute atomic E-state index is 11.5. The molecular formula is C63H70N3OPt-. The van der Waals surface area contributed by atoms with Crippen molar-refractivity contribution in [2.75, 3.05) is 0 Å². The average Bonchev–Trinajstić information content (AvgIpc) is 3.74. The molecule has 2 aromatic heterocycles. The minimum Gasteiger partial charge on any atom is -0.507 e. The number of fused-ring (bicyclic) bond motifs is 1. The molecule has 1 N–H and O–H groups in total. The number of hydrogen-bond donors (Lipinski definition) is 1. The topological polar surface area (TPSA) is 50.9 Å². The number of aromatic hydroxyl groups is 1. The normalized spacial score (nSPS) is 13.2. The van der Waals surface area contributed by atoms with Gasteiger partial charge in [-0.25, -0.2) is 4.98 Å². The Morgan fingerprint density at radius 2 is 1.18 bits per heavy atom. The van der Waals surface area contributed by atoms with E-state index in [-0.39, 0.29) is 54.0 Å². The van der Waals surface area contributed by atoms with Crippen molar-refractivity contribution >= 4 is 11.0 Å². The molecule has 354 valence electrons.